The highest BCUT2D eigenvalue weighted by Gasteiger charge is 2.12. The largest absolute Gasteiger partial charge is 0.323 e. The van der Waals surface area contributed by atoms with E-state index in [9.17, 15) is 4.39 Å². The lowest BCUT2D eigenvalue weighted by Crippen LogP contribution is -2.11. The number of aryl methyl sites for hydroxylation is 2. The van der Waals surface area contributed by atoms with Gasteiger partial charge in [0.2, 0.25) is 0 Å². The monoisotopic (exact) mass is 327 g/mol. The number of hydrogen-bond acceptors (Lipinski definition) is 2. The van der Waals surface area contributed by atoms with Gasteiger partial charge in [0.1, 0.15) is 5.82 Å². The van der Waals surface area contributed by atoms with Gasteiger partial charge in [-0.1, -0.05) is 6.07 Å². The van der Waals surface area contributed by atoms with Crippen LogP contribution in [0.1, 0.15) is 26.9 Å². The third-order valence-electron chi connectivity index (χ3n) is 2.99. The van der Waals surface area contributed by atoms with Gasteiger partial charge in [0, 0.05) is 15.8 Å². The topological polar surface area (TPSA) is 26.0 Å². The molecule has 1 unspecified atom stereocenters. The summed E-state index contributed by atoms with van der Waals surface area (Å²) < 4.78 is 13.6. The van der Waals surface area contributed by atoms with Crippen molar-refractivity contribution in [2.24, 2.45) is 5.73 Å². The van der Waals surface area contributed by atoms with E-state index in [4.69, 9.17) is 5.73 Å². The number of thiophene rings is 1. The second kappa shape index (κ2) is 5.51. The molecular weight excluding hydrogens is 313 g/mol. The molecule has 0 radical (unpaired) electrons. The SMILES string of the molecule is Cc1cc(C(N)Cc2ccc(F)c(Br)c2)sc1C. The van der Waals surface area contributed by atoms with Crippen molar-refractivity contribution in [3.8, 4) is 0 Å². The van der Waals surface area contributed by atoms with E-state index in [1.165, 1.54) is 21.4 Å². The first-order valence-electron chi connectivity index (χ1n) is 5.74. The van der Waals surface area contributed by atoms with Crippen molar-refractivity contribution < 1.29 is 4.39 Å². The summed E-state index contributed by atoms with van der Waals surface area (Å²) in [4.78, 5) is 2.49. The summed E-state index contributed by atoms with van der Waals surface area (Å²) in [6, 6.07) is 7.16. The maximum Gasteiger partial charge on any atom is 0.137 e. The maximum absolute atomic E-state index is 13.1. The summed E-state index contributed by atoms with van der Waals surface area (Å²) in [6.07, 6.45) is 0.721. The maximum atomic E-state index is 13.1. The fourth-order valence-corrected chi connectivity index (χ4v) is 3.28. The number of rotatable bonds is 3. The van der Waals surface area contributed by atoms with E-state index in [1.54, 1.807) is 23.5 Å². The molecule has 2 rings (SSSR count). The van der Waals surface area contributed by atoms with Crippen LogP contribution in [-0.2, 0) is 6.42 Å². The van der Waals surface area contributed by atoms with Gasteiger partial charge < -0.3 is 5.73 Å². The highest BCUT2D eigenvalue weighted by Crippen LogP contribution is 2.28. The molecule has 1 aromatic heterocycles. The molecule has 0 fully saturated rings. The Kier molecular flexibility index (Phi) is 4.20. The van der Waals surface area contributed by atoms with Gasteiger partial charge in [-0.3, -0.25) is 0 Å². The van der Waals surface area contributed by atoms with Crippen LogP contribution < -0.4 is 5.73 Å². The summed E-state index contributed by atoms with van der Waals surface area (Å²) in [5.41, 5.74) is 8.52. The predicted octanol–water partition coefficient (Wildman–Crippen LogP) is 4.51. The van der Waals surface area contributed by atoms with E-state index in [0.29, 0.717) is 4.47 Å². The van der Waals surface area contributed by atoms with Crippen LogP contribution in [-0.4, -0.2) is 0 Å². The van der Waals surface area contributed by atoms with Crippen molar-refractivity contribution in [2.45, 2.75) is 26.3 Å². The molecule has 0 amide bonds. The van der Waals surface area contributed by atoms with Crippen molar-refractivity contribution in [2.75, 3.05) is 0 Å². The quantitative estimate of drug-likeness (QED) is 0.881. The number of halogens is 2. The molecule has 96 valence electrons. The fourth-order valence-electron chi connectivity index (χ4n) is 1.81. The highest BCUT2D eigenvalue weighted by atomic mass is 79.9. The minimum atomic E-state index is -0.241. The molecule has 2 N–H and O–H groups in total. The van der Waals surface area contributed by atoms with Gasteiger partial charge in [-0.05, 0) is 65.5 Å². The van der Waals surface area contributed by atoms with Crippen LogP contribution in [0.25, 0.3) is 0 Å². The first-order valence-corrected chi connectivity index (χ1v) is 7.34. The van der Waals surface area contributed by atoms with Crippen molar-refractivity contribution in [1.82, 2.24) is 0 Å². The molecule has 2 aromatic rings. The Morgan fingerprint density at radius 1 is 1.33 bits per heavy atom. The summed E-state index contributed by atoms with van der Waals surface area (Å²) in [5, 5.41) is 0. The first kappa shape index (κ1) is 13.7. The van der Waals surface area contributed by atoms with E-state index in [-0.39, 0.29) is 11.9 Å². The van der Waals surface area contributed by atoms with Crippen LogP contribution in [0.5, 0.6) is 0 Å². The zero-order valence-electron chi connectivity index (χ0n) is 10.3. The van der Waals surface area contributed by atoms with Gasteiger partial charge in [0.15, 0.2) is 0 Å². The molecule has 1 atom stereocenters. The molecule has 1 aromatic carbocycles. The molecule has 0 bridgehead atoms. The van der Waals surface area contributed by atoms with Crippen LogP contribution in [0, 0.1) is 19.7 Å². The lowest BCUT2D eigenvalue weighted by Gasteiger charge is -2.10. The van der Waals surface area contributed by atoms with E-state index in [0.717, 1.165) is 12.0 Å². The van der Waals surface area contributed by atoms with Crippen LogP contribution in [0.15, 0.2) is 28.7 Å². The smallest absolute Gasteiger partial charge is 0.137 e. The predicted molar refractivity (Wildman–Crippen MR) is 78.5 cm³/mol. The van der Waals surface area contributed by atoms with E-state index in [2.05, 4.69) is 35.8 Å². The van der Waals surface area contributed by atoms with Crippen molar-refractivity contribution in [3.05, 3.63) is 55.4 Å². The van der Waals surface area contributed by atoms with Crippen LogP contribution in [0.4, 0.5) is 4.39 Å². The standard InChI is InChI=1S/C14H15BrFNS/c1-8-5-14(18-9(8)2)13(17)7-10-3-4-12(16)11(15)6-10/h3-6,13H,7,17H2,1-2H3. The first-order chi connectivity index (χ1) is 8.47. The second-order valence-electron chi connectivity index (χ2n) is 4.45. The summed E-state index contributed by atoms with van der Waals surface area (Å²) >= 11 is 4.93. The molecule has 18 heavy (non-hydrogen) atoms. The zero-order valence-corrected chi connectivity index (χ0v) is 12.7. The van der Waals surface area contributed by atoms with E-state index >= 15 is 0 Å². The molecule has 0 saturated carbocycles. The Balaban J connectivity index is 2.15. The molecule has 1 nitrogen and oxygen atoms in total. The Labute approximate surface area is 119 Å². The average Bonchev–Trinajstić information content (AvgIpc) is 2.65. The highest BCUT2D eigenvalue weighted by molar-refractivity contribution is 9.10. The molecule has 1 heterocycles. The van der Waals surface area contributed by atoms with Gasteiger partial charge in [-0.2, -0.15) is 0 Å². The molecule has 0 aliphatic heterocycles. The lowest BCUT2D eigenvalue weighted by molar-refractivity contribution is 0.619. The Morgan fingerprint density at radius 3 is 2.61 bits per heavy atom. The molecule has 0 aliphatic rings. The van der Waals surface area contributed by atoms with Gasteiger partial charge in [-0.15, -0.1) is 11.3 Å². The second-order valence-corrected chi connectivity index (χ2v) is 6.59. The molecule has 0 aliphatic carbocycles. The van der Waals surface area contributed by atoms with Gasteiger partial charge >= 0.3 is 0 Å². The number of hydrogen-bond donors (Lipinski definition) is 1. The summed E-state index contributed by atoms with van der Waals surface area (Å²) in [6.45, 7) is 4.20. The molecule has 0 saturated heterocycles. The van der Waals surface area contributed by atoms with Crippen LogP contribution in [0.2, 0.25) is 0 Å². The lowest BCUT2D eigenvalue weighted by atomic mass is 10.0. The van der Waals surface area contributed by atoms with Gasteiger partial charge in [-0.25, -0.2) is 4.39 Å². The van der Waals surface area contributed by atoms with Crippen molar-refractivity contribution in [1.29, 1.82) is 0 Å². The normalized spacial score (nSPS) is 12.7. The van der Waals surface area contributed by atoms with Gasteiger partial charge in [0.05, 0.1) is 4.47 Å². The number of benzene rings is 1. The summed E-state index contributed by atoms with van der Waals surface area (Å²) in [7, 11) is 0. The zero-order chi connectivity index (χ0) is 13.3. The summed E-state index contributed by atoms with van der Waals surface area (Å²) in [5.74, 6) is -0.241. The van der Waals surface area contributed by atoms with Gasteiger partial charge in [0.25, 0.3) is 0 Å². The third kappa shape index (κ3) is 2.99. The fraction of sp³-hybridized carbons (Fsp3) is 0.286. The van der Waals surface area contributed by atoms with Crippen LogP contribution in [0.3, 0.4) is 0 Å². The Morgan fingerprint density at radius 2 is 2.06 bits per heavy atom. The Hall–Kier alpha value is -0.710. The molecule has 4 heteroatoms. The van der Waals surface area contributed by atoms with Crippen LogP contribution >= 0.6 is 27.3 Å². The minimum Gasteiger partial charge on any atom is -0.323 e. The van der Waals surface area contributed by atoms with E-state index < -0.39 is 0 Å². The average molecular weight is 328 g/mol. The van der Waals surface area contributed by atoms with E-state index in [1.807, 2.05) is 0 Å². The molecule has 0 spiro atoms. The third-order valence-corrected chi connectivity index (χ3v) is 4.88. The van der Waals surface area contributed by atoms with Crippen molar-refractivity contribution in [3.63, 3.8) is 0 Å². The molecular formula is C14H15BrFNS. The minimum absolute atomic E-state index is 0.0280. The Bertz CT molecular complexity index is 545. The van der Waals surface area contributed by atoms with Crippen molar-refractivity contribution >= 4 is 27.3 Å². The number of nitrogens with two attached hydrogens (primary N) is 1.